The quantitative estimate of drug-likeness (QED) is 0.824. The first-order chi connectivity index (χ1) is 7.86. The summed E-state index contributed by atoms with van der Waals surface area (Å²) in [6, 6.07) is 0.962. The number of aryl methyl sites for hydroxylation is 1. The second kappa shape index (κ2) is 4.18. The molecule has 4 nitrogen and oxygen atoms in total. The summed E-state index contributed by atoms with van der Waals surface area (Å²) in [6.07, 6.45) is 5.85. The van der Waals surface area contributed by atoms with Gasteiger partial charge in [0.1, 0.15) is 0 Å². The third kappa shape index (κ3) is 1.66. The van der Waals surface area contributed by atoms with Crippen molar-refractivity contribution in [3.63, 3.8) is 0 Å². The zero-order valence-corrected chi connectivity index (χ0v) is 9.78. The molecular weight excluding hydrogens is 202 g/mol. The third-order valence-electron chi connectivity index (χ3n) is 3.63. The van der Waals surface area contributed by atoms with Crippen molar-refractivity contribution in [2.75, 3.05) is 19.8 Å². The molecule has 0 bridgehead atoms. The second-order valence-corrected chi connectivity index (χ2v) is 4.85. The Morgan fingerprint density at radius 3 is 2.94 bits per heavy atom. The molecule has 2 aliphatic rings. The Hall–Kier alpha value is -0.870. The molecule has 3 rings (SSSR count). The van der Waals surface area contributed by atoms with Crippen molar-refractivity contribution in [2.45, 2.75) is 38.3 Å². The molecule has 16 heavy (non-hydrogen) atoms. The molecule has 2 saturated heterocycles. The highest BCUT2D eigenvalue weighted by Gasteiger charge is 2.28. The minimum absolute atomic E-state index is 0.465. The van der Waals surface area contributed by atoms with E-state index in [9.17, 15) is 0 Å². The normalized spacial score (nSPS) is 26.7. The Bertz CT molecular complexity index is 364. The molecule has 4 heteroatoms. The molecule has 1 N–H and O–H groups in total. The van der Waals surface area contributed by atoms with E-state index in [1.807, 2.05) is 6.20 Å². The van der Waals surface area contributed by atoms with Gasteiger partial charge in [-0.3, -0.25) is 4.68 Å². The maximum absolute atomic E-state index is 5.26. The lowest BCUT2D eigenvalue weighted by Gasteiger charge is -2.31. The minimum atomic E-state index is 0.465. The van der Waals surface area contributed by atoms with E-state index in [2.05, 4.69) is 22.0 Å². The Morgan fingerprint density at radius 2 is 2.31 bits per heavy atom. The first-order valence-corrected chi connectivity index (χ1v) is 6.21. The summed E-state index contributed by atoms with van der Waals surface area (Å²) in [6.45, 7) is 4.94. The fourth-order valence-corrected chi connectivity index (χ4v) is 2.63. The fourth-order valence-electron chi connectivity index (χ4n) is 2.63. The number of ether oxygens (including phenoxy) is 1. The topological polar surface area (TPSA) is 39.1 Å². The SMILES string of the molecule is Cc1cnn(C2COC2)c1C1CCCCN1. The van der Waals surface area contributed by atoms with Gasteiger partial charge in [0.05, 0.1) is 31.1 Å². The smallest absolute Gasteiger partial charge is 0.0989 e. The van der Waals surface area contributed by atoms with Crippen molar-refractivity contribution in [1.29, 1.82) is 0 Å². The van der Waals surface area contributed by atoms with Crippen molar-refractivity contribution in [1.82, 2.24) is 15.1 Å². The summed E-state index contributed by atoms with van der Waals surface area (Å²) in [5, 5.41) is 8.11. The predicted molar refractivity (Wildman–Crippen MR) is 61.4 cm³/mol. The molecule has 3 heterocycles. The average Bonchev–Trinajstić information content (AvgIpc) is 2.59. The molecule has 1 unspecified atom stereocenters. The molecule has 0 saturated carbocycles. The van der Waals surface area contributed by atoms with E-state index >= 15 is 0 Å². The van der Waals surface area contributed by atoms with Crippen LogP contribution in [0.1, 0.15) is 42.6 Å². The van der Waals surface area contributed by atoms with Crippen LogP contribution < -0.4 is 5.32 Å². The summed E-state index contributed by atoms with van der Waals surface area (Å²) in [4.78, 5) is 0. The number of rotatable bonds is 2. The molecular formula is C12H19N3O. The van der Waals surface area contributed by atoms with Gasteiger partial charge >= 0.3 is 0 Å². The monoisotopic (exact) mass is 221 g/mol. The largest absolute Gasteiger partial charge is 0.377 e. The predicted octanol–water partition coefficient (Wildman–Crippen LogP) is 1.58. The zero-order chi connectivity index (χ0) is 11.0. The highest BCUT2D eigenvalue weighted by atomic mass is 16.5. The van der Waals surface area contributed by atoms with Gasteiger partial charge in [0.2, 0.25) is 0 Å². The Labute approximate surface area is 96.0 Å². The van der Waals surface area contributed by atoms with E-state index in [4.69, 9.17) is 4.74 Å². The first kappa shape index (κ1) is 10.3. The van der Waals surface area contributed by atoms with E-state index in [-0.39, 0.29) is 0 Å². The van der Waals surface area contributed by atoms with Crippen LogP contribution in [0.4, 0.5) is 0 Å². The Kier molecular flexibility index (Phi) is 2.69. The number of aromatic nitrogens is 2. The number of nitrogens with zero attached hydrogens (tertiary/aromatic N) is 2. The van der Waals surface area contributed by atoms with Gasteiger partial charge in [0.25, 0.3) is 0 Å². The van der Waals surface area contributed by atoms with E-state index in [1.165, 1.54) is 30.5 Å². The van der Waals surface area contributed by atoms with Gasteiger partial charge in [0, 0.05) is 6.04 Å². The van der Waals surface area contributed by atoms with Crippen LogP contribution in [-0.4, -0.2) is 29.5 Å². The van der Waals surface area contributed by atoms with Crippen molar-refractivity contribution >= 4 is 0 Å². The fraction of sp³-hybridized carbons (Fsp3) is 0.750. The lowest BCUT2D eigenvalue weighted by molar-refractivity contribution is -0.0306. The van der Waals surface area contributed by atoms with Crippen molar-refractivity contribution in [2.24, 2.45) is 0 Å². The molecule has 0 aliphatic carbocycles. The molecule has 2 fully saturated rings. The summed E-state index contributed by atoms with van der Waals surface area (Å²) >= 11 is 0. The molecule has 1 aromatic heterocycles. The summed E-state index contributed by atoms with van der Waals surface area (Å²) in [7, 11) is 0. The average molecular weight is 221 g/mol. The van der Waals surface area contributed by atoms with Crippen LogP contribution in [0, 0.1) is 6.92 Å². The highest BCUT2D eigenvalue weighted by molar-refractivity contribution is 5.21. The third-order valence-corrected chi connectivity index (χ3v) is 3.63. The second-order valence-electron chi connectivity index (χ2n) is 4.85. The molecule has 2 aliphatic heterocycles. The van der Waals surface area contributed by atoms with E-state index in [1.54, 1.807) is 0 Å². The van der Waals surface area contributed by atoms with E-state index in [0.717, 1.165) is 19.8 Å². The Balaban J connectivity index is 1.88. The summed E-state index contributed by atoms with van der Waals surface area (Å²) in [5.74, 6) is 0. The lowest BCUT2D eigenvalue weighted by atomic mass is 9.99. The number of piperidine rings is 1. The van der Waals surface area contributed by atoms with Crippen LogP contribution >= 0.6 is 0 Å². The van der Waals surface area contributed by atoms with E-state index in [0.29, 0.717) is 12.1 Å². The summed E-state index contributed by atoms with van der Waals surface area (Å²) in [5.41, 5.74) is 2.69. The van der Waals surface area contributed by atoms with Gasteiger partial charge in [-0.1, -0.05) is 6.42 Å². The lowest BCUT2D eigenvalue weighted by Crippen LogP contribution is -2.36. The van der Waals surface area contributed by atoms with Gasteiger partial charge in [-0.15, -0.1) is 0 Å². The Morgan fingerprint density at radius 1 is 1.44 bits per heavy atom. The van der Waals surface area contributed by atoms with Gasteiger partial charge in [-0.05, 0) is 31.9 Å². The van der Waals surface area contributed by atoms with Gasteiger partial charge in [-0.2, -0.15) is 5.10 Å². The van der Waals surface area contributed by atoms with Gasteiger partial charge in [0.15, 0.2) is 0 Å². The van der Waals surface area contributed by atoms with E-state index < -0.39 is 0 Å². The van der Waals surface area contributed by atoms with Crippen LogP contribution in [-0.2, 0) is 4.74 Å². The van der Waals surface area contributed by atoms with Gasteiger partial charge in [-0.25, -0.2) is 0 Å². The number of hydrogen-bond donors (Lipinski definition) is 1. The molecule has 0 radical (unpaired) electrons. The molecule has 1 atom stereocenters. The highest BCUT2D eigenvalue weighted by Crippen LogP contribution is 2.29. The van der Waals surface area contributed by atoms with Crippen molar-refractivity contribution < 1.29 is 4.74 Å². The molecule has 0 amide bonds. The number of nitrogens with one attached hydrogen (secondary N) is 1. The van der Waals surface area contributed by atoms with Crippen LogP contribution in [0.5, 0.6) is 0 Å². The first-order valence-electron chi connectivity index (χ1n) is 6.21. The van der Waals surface area contributed by atoms with Crippen molar-refractivity contribution in [3.8, 4) is 0 Å². The minimum Gasteiger partial charge on any atom is -0.377 e. The van der Waals surface area contributed by atoms with Crippen LogP contribution in [0.25, 0.3) is 0 Å². The zero-order valence-electron chi connectivity index (χ0n) is 9.78. The molecule has 88 valence electrons. The summed E-state index contributed by atoms with van der Waals surface area (Å²) < 4.78 is 7.44. The van der Waals surface area contributed by atoms with Crippen LogP contribution in [0.2, 0.25) is 0 Å². The maximum atomic E-state index is 5.26. The standard InChI is InChI=1S/C12H19N3O/c1-9-6-14-15(10-7-16-8-10)12(9)11-4-2-3-5-13-11/h6,10-11,13H,2-5,7-8H2,1H3. The molecule has 1 aromatic rings. The van der Waals surface area contributed by atoms with Crippen molar-refractivity contribution in [3.05, 3.63) is 17.5 Å². The molecule has 0 aromatic carbocycles. The van der Waals surface area contributed by atoms with Gasteiger partial charge < -0.3 is 10.1 Å². The number of hydrogen-bond acceptors (Lipinski definition) is 3. The van der Waals surface area contributed by atoms with Crippen LogP contribution in [0.3, 0.4) is 0 Å². The van der Waals surface area contributed by atoms with Crippen LogP contribution in [0.15, 0.2) is 6.20 Å². The molecule has 0 spiro atoms. The maximum Gasteiger partial charge on any atom is 0.0989 e.